The molecule has 0 fully saturated rings. The molecule has 0 amide bonds. The minimum absolute atomic E-state index is 0.0804. The Kier molecular flexibility index (Phi) is 2.86. The van der Waals surface area contributed by atoms with E-state index < -0.39 is 74.9 Å². The lowest BCUT2D eigenvalue weighted by Gasteiger charge is -2.13. The van der Waals surface area contributed by atoms with E-state index in [1.54, 1.807) is 0 Å². The van der Waals surface area contributed by atoms with E-state index in [0.29, 0.717) is 0 Å². The third-order valence-corrected chi connectivity index (χ3v) is 3.10. The maximum absolute atomic E-state index is 10.4. The van der Waals surface area contributed by atoms with Crippen LogP contribution in [0, 0.1) is 6.92 Å². The molecule has 0 radical (unpaired) electrons. The van der Waals surface area contributed by atoms with Gasteiger partial charge in [0, 0.05) is 2.74 Å². The Hall–Kier alpha value is -2.20. The first kappa shape index (κ1) is 7.20. The summed E-state index contributed by atoms with van der Waals surface area (Å²) in [5.41, 5.74) is -0.146. The van der Waals surface area contributed by atoms with Gasteiger partial charge in [-0.05, 0) is 61.4 Å². The van der Waals surface area contributed by atoms with Crippen molar-refractivity contribution in [3.63, 3.8) is 0 Å². The fourth-order valence-electron chi connectivity index (χ4n) is 1.92. The van der Waals surface area contributed by atoms with E-state index >= 15 is 0 Å². The fraction of sp³-hybridized carbons (Fsp3) is 0.429. The third-order valence-electron chi connectivity index (χ3n) is 3.10. The number of ether oxygens (including phenoxy) is 3. The number of aliphatic hydroxyl groups is 1. The predicted octanol–water partition coefficient (Wildman–Crippen LogP) is 4.16. The van der Waals surface area contributed by atoms with E-state index in [-0.39, 0.29) is 48.2 Å². The molecule has 0 saturated heterocycles. The number of benzene rings is 2. The fourth-order valence-corrected chi connectivity index (χ4v) is 1.92. The van der Waals surface area contributed by atoms with Crippen molar-refractivity contribution in [2.24, 2.45) is 0 Å². The van der Waals surface area contributed by atoms with Gasteiger partial charge in [0.15, 0.2) is 11.5 Å². The van der Waals surface area contributed by atoms with Crippen molar-refractivity contribution in [3.05, 3.63) is 53.4 Å². The largest absolute Gasteiger partial charge is 0.493 e. The van der Waals surface area contributed by atoms with E-state index in [2.05, 4.69) is 4.74 Å². The van der Waals surface area contributed by atoms with Crippen molar-refractivity contribution in [1.82, 2.24) is 0 Å². The van der Waals surface area contributed by atoms with Crippen LogP contribution in [0.1, 0.15) is 50.9 Å². The topological polar surface area (TPSA) is 47.9 Å². The summed E-state index contributed by atoms with van der Waals surface area (Å²) in [5.74, 6) is -2.16. The van der Waals surface area contributed by atoms with Crippen molar-refractivity contribution in [3.8, 4) is 17.2 Å². The summed E-state index contributed by atoms with van der Waals surface area (Å²) < 4.78 is 131. The molecule has 4 heteroatoms. The molecule has 136 valence electrons. The highest BCUT2D eigenvalue weighted by atomic mass is 16.5. The molecule has 1 N–H and O–H groups in total. The molecule has 0 aliphatic heterocycles. The van der Waals surface area contributed by atoms with Crippen molar-refractivity contribution >= 4 is 0 Å². The Morgan fingerprint density at radius 3 is 2.80 bits per heavy atom. The SMILES string of the molecule is [2H]c1c([2H])c(C)c([2H])c(OCC(O)C([2H])([2H])CCCc2c([2H])c([2H])c(OC([2H])([2H])[2H])c(OC([2H])([2H])[2H])c2[2H])c1[2H]. The molecule has 0 spiro atoms. The molecule has 2 aromatic carbocycles. The van der Waals surface area contributed by atoms with Crippen LogP contribution < -0.4 is 14.2 Å². The van der Waals surface area contributed by atoms with Crippen LogP contribution in [0.25, 0.3) is 0 Å². The molecular formula is C21H28O4. The van der Waals surface area contributed by atoms with Crippen LogP contribution in [0.2, 0.25) is 0 Å². The highest BCUT2D eigenvalue weighted by molar-refractivity contribution is 5.42. The van der Waals surface area contributed by atoms with Crippen LogP contribution in [-0.4, -0.2) is 31.9 Å². The monoisotopic (exact) mass is 359 g/mol. The lowest BCUT2D eigenvalue weighted by molar-refractivity contribution is 0.0976. The molecule has 4 nitrogen and oxygen atoms in total. The first-order chi connectivity index (χ1) is 18.1. The molecule has 1 unspecified atom stereocenters. The molecule has 0 bridgehead atoms. The van der Waals surface area contributed by atoms with Gasteiger partial charge in [0.05, 0.1) is 38.0 Å². The summed E-state index contributed by atoms with van der Waals surface area (Å²) in [5, 5.41) is 10.4. The van der Waals surface area contributed by atoms with Gasteiger partial charge in [-0.3, -0.25) is 0 Å². The van der Waals surface area contributed by atoms with Gasteiger partial charge in [-0.2, -0.15) is 0 Å². The molecule has 0 aliphatic rings. The molecule has 0 heterocycles. The number of hydrogen-bond acceptors (Lipinski definition) is 4. The van der Waals surface area contributed by atoms with E-state index in [4.69, 9.17) is 30.0 Å². The Morgan fingerprint density at radius 2 is 1.96 bits per heavy atom. The van der Waals surface area contributed by atoms with Gasteiger partial charge in [0.1, 0.15) is 12.4 Å². The van der Waals surface area contributed by atoms with Crippen LogP contribution in [0.3, 0.4) is 0 Å². The zero-order chi connectivity index (χ0) is 31.0. The minimum Gasteiger partial charge on any atom is -0.493 e. The summed E-state index contributed by atoms with van der Waals surface area (Å²) in [7, 11) is -6.28. The summed E-state index contributed by atoms with van der Waals surface area (Å²) in [4.78, 5) is 0. The van der Waals surface area contributed by atoms with Gasteiger partial charge in [-0.25, -0.2) is 0 Å². The lowest BCUT2D eigenvalue weighted by atomic mass is 10.0. The van der Waals surface area contributed by atoms with Crippen molar-refractivity contribution in [1.29, 1.82) is 0 Å². The molecule has 2 aromatic rings. The quantitative estimate of drug-likeness (QED) is 0.692. The lowest BCUT2D eigenvalue weighted by Crippen LogP contribution is -2.17. The third kappa shape index (κ3) is 6.31. The number of hydrogen-bond donors (Lipinski definition) is 1. The predicted molar refractivity (Wildman–Crippen MR) is 99.8 cm³/mol. The Labute approximate surface area is 171 Å². The minimum atomic E-state index is -3.14. The van der Waals surface area contributed by atoms with Gasteiger partial charge in [0.2, 0.25) is 0 Å². The first-order valence-electron chi connectivity index (χ1n) is 15.0. The second-order valence-electron chi connectivity index (χ2n) is 5.05. The summed E-state index contributed by atoms with van der Waals surface area (Å²) >= 11 is 0. The van der Waals surface area contributed by atoms with Crippen LogP contribution in [0.5, 0.6) is 17.2 Å². The van der Waals surface area contributed by atoms with Crippen LogP contribution >= 0.6 is 0 Å². The normalized spacial score (nSPS) is 22.1. The molecule has 25 heavy (non-hydrogen) atoms. The zero-order valence-corrected chi connectivity index (χ0v) is 13.6. The standard InChI is InChI=1S/C21H28O4/c1-16-7-6-10-19(13-16)25-15-18(22)9-5-4-8-17-11-12-20(23-2)21(14-17)24-3/h6-7,10-14,18,22H,4-5,8-9,15H2,1-3H3/i2D3,3D3,6D,7D,9D2,10D,11D,12D,13D,14D. The average Bonchev–Trinajstić information content (AvgIpc) is 2.82. The van der Waals surface area contributed by atoms with E-state index in [9.17, 15) is 5.11 Å². The van der Waals surface area contributed by atoms with Crippen LogP contribution in [0.4, 0.5) is 0 Å². The molecule has 1 atom stereocenters. The summed E-state index contributed by atoms with van der Waals surface area (Å²) in [6.45, 7) is 0.702. The summed E-state index contributed by atoms with van der Waals surface area (Å²) in [6.07, 6.45) is -4.84. The van der Waals surface area contributed by atoms with Gasteiger partial charge in [-0.15, -0.1) is 0 Å². The van der Waals surface area contributed by atoms with Gasteiger partial charge >= 0.3 is 0 Å². The highest BCUT2D eigenvalue weighted by Crippen LogP contribution is 2.28. The van der Waals surface area contributed by atoms with Gasteiger partial charge in [-0.1, -0.05) is 24.5 Å². The Balaban J connectivity index is 2.23. The number of aliphatic hydroxyl groups excluding tert-OH is 1. The smallest absolute Gasteiger partial charge is 0.160 e. The van der Waals surface area contributed by atoms with Crippen molar-refractivity contribution < 1.29 is 39.9 Å². The van der Waals surface area contributed by atoms with Gasteiger partial charge in [0.25, 0.3) is 0 Å². The maximum atomic E-state index is 10.4. The second kappa shape index (κ2) is 9.94. The zero-order valence-electron chi connectivity index (χ0n) is 28.6. The molecule has 0 saturated carbocycles. The highest BCUT2D eigenvalue weighted by Gasteiger charge is 2.07. The summed E-state index contributed by atoms with van der Waals surface area (Å²) in [6, 6.07) is -3.88. The van der Waals surface area contributed by atoms with Crippen molar-refractivity contribution in [2.75, 3.05) is 20.7 Å². The molecule has 0 aromatic heterocycles. The van der Waals surface area contributed by atoms with E-state index in [0.717, 1.165) is 0 Å². The number of rotatable bonds is 10. The number of methoxy groups -OCH3 is 2. The maximum Gasteiger partial charge on any atom is 0.160 e. The van der Waals surface area contributed by atoms with Crippen LogP contribution in [0.15, 0.2) is 42.3 Å². The Morgan fingerprint density at radius 1 is 1.12 bits per heavy atom. The molecule has 0 aliphatic carbocycles. The second-order valence-corrected chi connectivity index (χ2v) is 5.05. The van der Waals surface area contributed by atoms with Crippen LogP contribution in [-0.2, 0) is 6.42 Å². The molecule has 2 rings (SSSR count). The Bertz CT molecular complexity index is 1210. The van der Waals surface area contributed by atoms with E-state index in [1.165, 1.54) is 6.92 Å². The molecular weight excluding hydrogens is 316 g/mol. The van der Waals surface area contributed by atoms with Gasteiger partial charge < -0.3 is 19.3 Å². The first-order valence-corrected chi connectivity index (χ1v) is 7.47. The van der Waals surface area contributed by atoms with E-state index in [1.807, 2.05) is 0 Å². The average molecular weight is 360 g/mol. The van der Waals surface area contributed by atoms with Crippen molar-refractivity contribution in [2.45, 2.75) is 38.7 Å².